The van der Waals surface area contributed by atoms with Gasteiger partial charge in [0.05, 0.1) is 0 Å². The second-order valence-corrected chi connectivity index (χ2v) is 4.44. The molecule has 5 heteroatoms. The van der Waals surface area contributed by atoms with Crippen LogP contribution in [0.4, 0.5) is 0 Å². The molecule has 0 saturated heterocycles. The largest absolute Gasteiger partial charge is 0.481 e. The second-order valence-electron chi connectivity index (χ2n) is 4.44. The monoisotopic (exact) mass is 209 g/mol. The van der Waals surface area contributed by atoms with Crippen LogP contribution in [0.1, 0.15) is 44.3 Å². The fourth-order valence-electron chi connectivity index (χ4n) is 2.17. The van der Waals surface area contributed by atoms with Gasteiger partial charge in [-0.25, -0.2) is 4.98 Å². The van der Waals surface area contributed by atoms with E-state index in [-0.39, 0.29) is 11.8 Å². The van der Waals surface area contributed by atoms with Crippen molar-refractivity contribution in [3.05, 3.63) is 11.6 Å². The van der Waals surface area contributed by atoms with E-state index in [9.17, 15) is 4.79 Å². The lowest BCUT2D eigenvalue weighted by Crippen LogP contribution is -2.18. The van der Waals surface area contributed by atoms with E-state index in [1.54, 1.807) is 0 Å². The van der Waals surface area contributed by atoms with Crippen LogP contribution in [-0.4, -0.2) is 26.3 Å². The first kappa shape index (κ1) is 10.1. The number of aromatic amines is 1. The van der Waals surface area contributed by atoms with E-state index >= 15 is 0 Å². The predicted octanol–water partition coefficient (Wildman–Crippen LogP) is 1.26. The van der Waals surface area contributed by atoms with Gasteiger partial charge in [-0.3, -0.25) is 9.89 Å². The molecule has 1 aromatic heterocycles. The Hall–Kier alpha value is -1.39. The molecule has 0 spiro atoms. The van der Waals surface area contributed by atoms with Crippen molar-refractivity contribution in [2.75, 3.05) is 0 Å². The van der Waals surface area contributed by atoms with Gasteiger partial charge < -0.3 is 5.11 Å². The first-order valence-electron chi connectivity index (χ1n) is 5.24. The van der Waals surface area contributed by atoms with Crippen molar-refractivity contribution >= 4 is 5.97 Å². The fraction of sp³-hybridized carbons (Fsp3) is 0.700. The number of carboxylic acids is 1. The molecule has 0 atom stereocenters. The van der Waals surface area contributed by atoms with E-state index in [1.807, 2.05) is 0 Å². The van der Waals surface area contributed by atoms with E-state index in [0.717, 1.165) is 18.7 Å². The molecule has 15 heavy (non-hydrogen) atoms. The average molecular weight is 209 g/mol. The van der Waals surface area contributed by atoms with Crippen molar-refractivity contribution in [3.63, 3.8) is 0 Å². The van der Waals surface area contributed by atoms with Crippen LogP contribution in [0.15, 0.2) is 0 Å². The molecule has 2 N–H and O–H groups in total. The van der Waals surface area contributed by atoms with Crippen LogP contribution < -0.4 is 0 Å². The van der Waals surface area contributed by atoms with E-state index in [1.165, 1.54) is 12.8 Å². The van der Waals surface area contributed by atoms with Crippen LogP contribution in [0.5, 0.6) is 0 Å². The molecule has 0 unspecified atom stereocenters. The molecule has 0 radical (unpaired) electrons. The fourth-order valence-corrected chi connectivity index (χ4v) is 2.17. The van der Waals surface area contributed by atoms with Gasteiger partial charge in [-0.05, 0) is 12.8 Å². The number of hydrogen-bond donors (Lipinski definition) is 2. The van der Waals surface area contributed by atoms with Crippen LogP contribution in [-0.2, 0) is 16.6 Å². The first-order chi connectivity index (χ1) is 7.10. The molecular weight excluding hydrogens is 194 g/mol. The summed E-state index contributed by atoms with van der Waals surface area (Å²) in [6, 6.07) is 0. The third-order valence-electron chi connectivity index (χ3n) is 3.10. The molecule has 82 valence electrons. The van der Waals surface area contributed by atoms with Crippen LogP contribution in [0.25, 0.3) is 0 Å². The summed E-state index contributed by atoms with van der Waals surface area (Å²) < 4.78 is 0. The molecule has 2 rings (SSSR count). The van der Waals surface area contributed by atoms with Gasteiger partial charge in [0.25, 0.3) is 0 Å². The molecule has 1 heterocycles. The van der Waals surface area contributed by atoms with Crippen LogP contribution in [0.3, 0.4) is 0 Å². The number of carboxylic acid groups (broad SMARTS) is 1. The molecule has 0 aromatic carbocycles. The normalized spacial score (nSPS) is 19.3. The van der Waals surface area contributed by atoms with Gasteiger partial charge in [0.1, 0.15) is 12.2 Å². The Balaban J connectivity index is 2.15. The molecule has 1 aromatic rings. The van der Waals surface area contributed by atoms with Crippen molar-refractivity contribution in [1.29, 1.82) is 0 Å². The minimum atomic E-state index is -0.880. The van der Waals surface area contributed by atoms with Gasteiger partial charge in [-0.1, -0.05) is 19.8 Å². The minimum absolute atomic E-state index is 0.0489. The Morgan fingerprint density at radius 2 is 2.20 bits per heavy atom. The smallest absolute Gasteiger partial charge is 0.311 e. The van der Waals surface area contributed by atoms with Crippen LogP contribution in [0.2, 0.25) is 0 Å². The van der Waals surface area contributed by atoms with Crippen molar-refractivity contribution < 1.29 is 9.90 Å². The zero-order valence-electron chi connectivity index (χ0n) is 8.79. The zero-order chi connectivity index (χ0) is 10.9. The molecule has 0 bridgehead atoms. The summed E-state index contributed by atoms with van der Waals surface area (Å²) >= 11 is 0. The third kappa shape index (κ3) is 2.00. The lowest BCUT2D eigenvalue weighted by atomic mass is 9.88. The van der Waals surface area contributed by atoms with Gasteiger partial charge in [-0.2, -0.15) is 5.10 Å². The number of nitrogens with one attached hydrogen (secondary N) is 1. The number of aromatic nitrogens is 3. The highest BCUT2D eigenvalue weighted by atomic mass is 16.4. The molecule has 0 aliphatic heterocycles. The summed E-state index contributed by atoms with van der Waals surface area (Å²) in [6.45, 7) is 2.15. The number of aliphatic carboxylic acids is 1. The highest BCUT2D eigenvalue weighted by molar-refractivity contribution is 5.68. The van der Waals surface area contributed by atoms with E-state index in [4.69, 9.17) is 5.11 Å². The maximum absolute atomic E-state index is 10.5. The highest BCUT2D eigenvalue weighted by Crippen LogP contribution is 2.38. The van der Waals surface area contributed by atoms with Crippen molar-refractivity contribution in [2.24, 2.45) is 0 Å². The highest BCUT2D eigenvalue weighted by Gasteiger charge is 2.34. The number of carbonyl (C=O) groups is 1. The second kappa shape index (κ2) is 3.64. The van der Waals surface area contributed by atoms with Gasteiger partial charge in [0.15, 0.2) is 5.82 Å². The number of H-pyrrole nitrogens is 1. The minimum Gasteiger partial charge on any atom is -0.481 e. The Morgan fingerprint density at radius 1 is 1.53 bits per heavy atom. The van der Waals surface area contributed by atoms with Crippen molar-refractivity contribution in [2.45, 2.75) is 44.4 Å². The summed E-state index contributed by atoms with van der Waals surface area (Å²) in [5, 5.41) is 15.4. The quantitative estimate of drug-likeness (QED) is 0.785. The lowest BCUT2D eigenvalue weighted by Gasteiger charge is -2.18. The first-order valence-corrected chi connectivity index (χ1v) is 5.24. The Kier molecular flexibility index (Phi) is 2.46. The SMILES string of the molecule is CC1(c2n[nH]c(CC(=O)O)n2)CCCC1. The molecular formula is C10H15N3O2. The molecule has 1 aliphatic carbocycles. The Bertz CT molecular complexity index is 366. The van der Waals surface area contributed by atoms with Gasteiger partial charge >= 0.3 is 5.97 Å². The van der Waals surface area contributed by atoms with Crippen molar-refractivity contribution in [1.82, 2.24) is 15.2 Å². The molecule has 1 aliphatic rings. The zero-order valence-corrected chi connectivity index (χ0v) is 8.79. The van der Waals surface area contributed by atoms with Gasteiger partial charge in [0.2, 0.25) is 0 Å². The number of nitrogens with zero attached hydrogens (tertiary/aromatic N) is 2. The number of rotatable bonds is 3. The van der Waals surface area contributed by atoms with Crippen molar-refractivity contribution in [3.8, 4) is 0 Å². The van der Waals surface area contributed by atoms with Crippen LogP contribution in [0, 0.1) is 0 Å². The summed E-state index contributed by atoms with van der Waals surface area (Å²) in [5.74, 6) is 0.344. The van der Waals surface area contributed by atoms with E-state index in [2.05, 4.69) is 22.1 Å². The maximum Gasteiger partial charge on any atom is 0.311 e. The summed E-state index contributed by atoms with van der Waals surface area (Å²) in [6.07, 6.45) is 4.52. The van der Waals surface area contributed by atoms with E-state index in [0.29, 0.717) is 5.82 Å². The molecule has 1 fully saturated rings. The lowest BCUT2D eigenvalue weighted by molar-refractivity contribution is -0.136. The predicted molar refractivity (Wildman–Crippen MR) is 53.5 cm³/mol. The Morgan fingerprint density at radius 3 is 2.80 bits per heavy atom. The summed E-state index contributed by atoms with van der Waals surface area (Å²) in [4.78, 5) is 14.7. The molecule has 1 saturated carbocycles. The van der Waals surface area contributed by atoms with Gasteiger partial charge in [-0.15, -0.1) is 0 Å². The molecule has 0 amide bonds. The van der Waals surface area contributed by atoms with E-state index < -0.39 is 5.97 Å². The van der Waals surface area contributed by atoms with Crippen LogP contribution >= 0.6 is 0 Å². The standard InChI is InChI=1S/C10H15N3O2/c1-10(4-2-3-5-10)9-11-7(12-13-9)6-8(14)15/h2-6H2,1H3,(H,14,15)(H,11,12,13). The summed E-state index contributed by atoms with van der Waals surface area (Å²) in [5.41, 5.74) is 0.0489. The third-order valence-corrected chi connectivity index (χ3v) is 3.10. The Labute approximate surface area is 87.9 Å². The topological polar surface area (TPSA) is 78.9 Å². The number of hydrogen-bond acceptors (Lipinski definition) is 3. The maximum atomic E-state index is 10.5. The molecule has 5 nitrogen and oxygen atoms in total. The summed E-state index contributed by atoms with van der Waals surface area (Å²) in [7, 11) is 0. The average Bonchev–Trinajstić information content (AvgIpc) is 2.74. The van der Waals surface area contributed by atoms with Gasteiger partial charge in [0, 0.05) is 5.41 Å².